The largest absolute Gasteiger partial charge is 0.417 e. The van der Waals surface area contributed by atoms with Crippen LogP contribution < -0.4 is 0 Å². The third-order valence-corrected chi connectivity index (χ3v) is 10.5. The summed E-state index contributed by atoms with van der Waals surface area (Å²) < 4.78 is 23.8. The normalized spacial score (nSPS) is 28.1. The van der Waals surface area contributed by atoms with Crippen LogP contribution in [-0.4, -0.2) is 70.4 Å². The molecule has 0 amide bonds. The van der Waals surface area contributed by atoms with Crippen LogP contribution >= 0.6 is 0 Å². The zero-order valence-electron chi connectivity index (χ0n) is 18.6. The fourth-order valence-electron chi connectivity index (χ4n) is 3.22. The van der Waals surface area contributed by atoms with E-state index in [0.29, 0.717) is 25.9 Å². The van der Waals surface area contributed by atoms with Gasteiger partial charge in [-0.3, -0.25) is 5.01 Å². The third kappa shape index (κ3) is 6.26. The van der Waals surface area contributed by atoms with Crippen LogP contribution in [0.4, 0.5) is 0 Å². The summed E-state index contributed by atoms with van der Waals surface area (Å²) in [6.07, 6.45) is 3.01. The summed E-state index contributed by atoms with van der Waals surface area (Å²) in [6.45, 7) is 18.2. The highest BCUT2D eigenvalue weighted by atomic mass is 28.4. The summed E-state index contributed by atoms with van der Waals surface area (Å²) in [7, 11) is -0.00826. The maximum Gasteiger partial charge on any atom is 0.191 e. The second-order valence-electron chi connectivity index (χ2n) is 9.70. The van der Waals surface area contributed by atoms with Gasteiger partial charge in [0.25, 0.3) is 0 Å². The van der Waals surface area contributed by atoms with Crippen molar-refractivity contribution in [1.29, 1.82) is 0 Å². The van der Waals surface area contributed by atoms with Gasteiger partial charge in [-0.15, -0.1) is 0 Å². The highest BCUT2D eigenvalue weighted by molar-refractivity contribution is 6.74. The van der Waals surface area contributed by atoms with E-state index < -0.39 is 14.1 Å². The first-order valence-corrected chi connectivity index (χ1v) is 13.1. The SMILES string of the molecule is COC[C@@H]1CCCN1N=C1COC(C)(C)O[C@H]1CCO[Si](C)(C)C(C)(C)C. The van der Waals surface area contributed by atoms with Gasteiger partial charge in [0.1, 0.15) is 6.10 Å². The van der Waals surface area contributed by atoms with Crippen LogP contribution in [0.15, 0.2) is 5.10 Å². The number of nitrogens with zero attached hydrogens (tertiary/aromatic N) is 2. The zero-order valence-corrected chi connectivity index (χ0v) is 19.6. The summed E-state index contributed by atoms with van der Waals surface area (Å²) in [5, 5.41) is 7.29. The van der Waals surface area contributed by atoms with Gasteiger partial charge in [0.05, 0.1) is 25.0 Å². The van der Waals surface area contributed by atoms with Gasteiger partial charge in [0, 0.05) is 26.7 Å². The molecule has 2 heterocycles. The molecule has 7 heteroatoms. The fourth-order valence-corrected chi connectivity index (χ4v) is 4.28. The summed E-state index contributed by atoms with van der Waals surface area (Å²) in [5.74, 6) is -0.586. The van der Waals surface area contributed by atoms with Gasteiger partial charge in [0.2, 0.25) is 0 Å². The second kappa shape index (κ2) is 8.90. The first-order valence-electron chi connectivity index (χ1n) is 10.2. The maximum atomic E-state index is 6.37. The summed E-state index contributed by atoms with van der Waals surface area (Å²) >= 11 is 0. The van der Waals surface area contributed by atoms with Crippen molar-refractivity contribution in [1.82, 2.24) is 5.01 Å². The Balaban J connectivity index is 2.04. The molecule has 6 nitrogen and oxygen atoms in total. The number of hydrazone groups is 1. The standard InChI is InChI=1S/C20H40N2O4Si/c1-19(2,3)27(7,8)25-13-11-18-17(15-24-20(4,5)26-18)21-22-12-9-10-16(22)14-23-6/h16,18H,9-15H2,1-8H3/t16-,18-/m0/s1. The fraction of sp³-hybridized carbons (Fsp3) is 0.950. The van der Waals surface area contributed by atoms with Gasteiger partial charge in [-0.25, -0.2) is 0 Å². The van der Waals surface area contributed by atoms with Crippen LogP contribution in [0.1, 0.15) is 53.9 Å². The van der Waals surface area contributed by atoms with E-state index in [1.807, 2.05) is 13.8 Å². The molecule has 2 aliphatic rings. The van der Waals surface area contributed by atoms with E-state index in [1.54, 1.807) is 7.11 Å². The second-order valence-corrected chi connectivity index (χ2v) is 14.5. The third-order valence-electron chi connectivity index (χ3n) is 5.98. The van der Waals surface area contributed by atoms with E-state index in [0.717, 1.165) is 31.5 Å². The molecule has 0 unspecified atom stereocenters. The molecule has 0 saturated carbocycles. The van der Waals surface area contributed by atoms with E-state index in [1.165, 1.54) is 0 Å². The summed E-state index contributed by atoms with van der Waals surface area (Å²) in [4.78, 5) is 0. The molecule has 2 fully saturated rings. The lowest BCUT2D eigenvalue weighted by Gasteiger charge is -2.39. The monoisotopic (exact) mass is 400 g/mol. The van der Waals surface area contributed by atoms with E-state index in [9.17, 15) is 0 Å². The molecule has 0 N–H and O–H groups in total. The minimum absolute atomic E-state index is 0.0673. The van der Waals surface area contributed by atoms with Gasteiger partial charge in [0.15, 0.2) is 14.1 Å². The molecule has 0 radical (unpaired) electrons. The predicted octanol–water partition coefficient (Wildman–Crippen LogP) is 4.02. The molecule has 27 heavy (non-hydrogen) atoms. The topological polar surface area (TPSA) is 52.5 Å². The summed E-state index contributed by atoms with van der Waals surface area (Å²) in [5.41, 5.74) is 0.969. The van der Waals surface area contributed by atoms with Crippen molar-refractivity contribution in [3.63, 3.8) is 0 Å². The molecule has 0 aromatic heterocycles. The maximum absolute atomic E-state index is 6.37. The first-order chi connectivity index (χ1) is 12.5. The lowest BCUT2D eigenvalue weighted by Crippen LogP contribution is -2.48. The van der Waals surface area contributed by atoms with Crippen LogP contribution in [0.25, 0.3) is 0 Å². The van der Waals surface area contributed by atoms with Crippen LogP contribution in [0.3, 0.4) is 0 Å². The molecule has 158 valence electrons. The van der Waals surface area contributed by atoms with E-state index in [4.69, 9.17) is 23.7 Å². The quantitative estimate of drug-likeness (QED) is 0.604. The molecule has 2 saturated heterocycles. The van der Waals surface area contributed by atoms with Crippen LogP contribution in [0.2, 0.25) is 18.1 Å². The van der Waals surface area contributed by atoms with Crippen molar-refractivity contribution in [2.24, 2.45) is 5.10 Å². The molecular weight excluding hydrogens is 360 g/mol. The van der Waals surface area contributed by atoms with E-state index in [2.05, 4.69) is 38.9 Å². The zero-order chi connectivity index (χ0) is 20.3. The average Bonchev–Trinajstić information content (AvgIpc) is 2.96. The van der Waals surface area contributed by atoms with Crippen LogP contribution in [0, 0.1) is 0 Å². The van der Waals surface area contributed by atoms with E-state index >= 15 is 0 Å². The van der Waals surface area contributed by atoms with Crippen molar-refractivity contribution in [3.05, 3.63) is 0 Å². The Labute approximate surface area is 166 Å². The van der Waals surface area contributed by atoms with Gasteiger partial charge in [-0.05, 0) is 44.8 Å². The predicted molar refractivity (Wildman–Crippen MR) is 112 cm³/mol. The molecule has 0 aliphatic carbocycles. The van der Waals surface area contributed by atoms with E-state index in [-0.39, 0.29) is 11.1 Å². The number of rotatable bonds is 7. The van der Waals surface area contributed by atoms with Crippen molar-refractivity contribution in [3.8, 4) is 0 Å². The van der Waals surface area contributed by atoms with Crippen LogP contribution in [0.5, 0.6) is 0 Å². The Bertz CT molecular complexity index is 517. The van der Waals surface area contributed by atoms with Crippen molar-refractivity contribution in [2.45, 2.75) is 89.9 Å². The van der Waals surface area contributed by atoms with Crippen molar-refractivity contribution < 1.29 is 18.6 Å². The van der Waals surface area contributed by atoms with Gasteiger partial charge in [-0.1, -0.05) is 20.8 Å². The molecule has 0 bridgehead atoms. The highest BCUT2D eigenvalue weighted by Crippen LogP contribution is 2.36. The van der Waals surface area contributed by atoms with Crippen molar-refractivity contribution in [2.75, 3.05) is 33.5 Å². The lowest BCUT2D eigenvalue weighted by atomic mass is 10.1. The number of ether oxygens (including phenoxy) is 3. The molecule has 2 atom stereocenters. The highest BCUT2D eigenvalue weighted by Gasteiger charge is 2.39. The Kier molecular flexibility index (Phi) is 7.52. The minimum Gasteiger partial charge on any atom is -0.417 e. The number of hydrogen-bond donors (Lipinski definition) is 0. The van der Waals surface area contributed by atoms with Gasteiger partial charge < -0.3 is 18.6 Å². The average molecular weight is 401 g/mol. The number of hydrogen-bond acceptors (Lipinski definition) is 6. The van der Waals surface area contributed by atoms with Crippen LogP contribution in [-0.2, 0) is 18.6 Å². The Morgan fingerprint density at radius 1 is 1.30 bits per heavy atom. The number of methoxy groups -OCH3 is 1. The Morgan fingerprint density at radius 2 is 2.00 bits per heavy atom. The lowest BCUT2D eigenvalue weighted by molar-refractivity contribution is -0.236. The van der Waals surface area contributed by atoms with Gasteiger partial charge in [-0.2, -0.15) is 5.10 Å². The smallest absolute Gasteiger partial charge is 0.191 e. The molecule has 0 aromatic rings. The minimum atomic E-state index is -1.76. The molecule has 2 aliphatic heterocycles. The Morgan fingerprint density at radius 3 is 2.63 bits per heavy atom. The molecule has 2 rings (SSSR count). The van der Waals surface area contributed by atoms with Gasteiger partial charge >= 0.3 is 0 Å². The first kappa shape index (κ1) is 22.8. The van der Waals surface area contributed by atoms with Crippen molar-refractivity contribution >= 4 is 14.0 Å². The Hall–Kier alpha value is -0.473. The molecule has 0 aromatic carbocycles. The molecular formula is C20H40N2O4Si. The molecule has 0 spiro atoms. The summed E-state index contributed by atoms with van der Waals surface area (Å²) in [6, 6.07) is 0.349.